The highest BCUT2D eigenvalue weighted by atomic mass is 16.5. The van der Waals surface area contributed by atoms with Crippen LogP contribution in [0.5, 0.6) is 11.5 Å². The molecule has 1 aliphatic rings. The summed E-state index contributed by atoms with van der Waals surface area (Å²) in [6.07, 6.45) is 0. The van der Waals surface area contributed by atoms with E-state index in [4.69, 9.17) is 9.47 Å². The van der Waals surface area contributed by atoms with Gasteiger partial charge in [-0.3, -0.25) is 4.90 Å². The molecule has 1 aliphatic heterocycles. The molecule has 0 radical (unpaired) electrons. The molecule has 2 unspecified atom stereocenters. The Morgan fingerprint density at radius 2 is 1.95 bits per heavy atom. The van der Waals surface area contributed by atoms with Gasteiger partial charge < -0.3 is 19.7 Å². The van der Waals surface area contributed by atoms with E-state index in [0.717, 1.165) is 31.1 Å². The van der Waals surface area contributed by atoms with Gasteiger partial charge in [0.15, 0.2) is 0 Å². The maximum atomic E-state index is 5.57. The zero-order chi connectivity index (χ0) is 15.4. The summed E-state index contributed by atoms with van der Waals surface area (Å²) in [4.78, 5) is 4.80. The molecule has 1 aromatic rings. The van der Waals surface area contributed by atoms with Crippen LogP contribution in [0.4, 0.5) is 0 Å². The predicted octanol–water partition coefficient (Wildman–Crippen LogP) is 1.21. The molecule has 1 saturated heterocycles. The number of piperazine rings is 1. The van der Waals surface area contributed by atoms with Crippen molar-refractivity contribution in [3.8, 4) is 11.5 Å². The fourth-order valence-electron chi connectivity index (χ4n) is 3.03. The van der Waals surface area contributed by atoms with Crippen molar-refractivity contribution in [3.05, 3.63) is 23.8 Å². The van der Waals surface area contributed by atoms with Crippen LogP contribution in [0.3, 0.4) is 0 Å². The van der Waals surface area contributed by atoms with E-state index in [2.05, 4.69) is 35.3 Å². The van der Waals surface area contributed by atoms with Crippen LogP contribution in [-0.4, -0.2) is 70.8 Å². The Kier molecular flexibility index (Phi) is 5.45. The van der Waals surface area contributed by atoms with Crippen LogP contribution in [0.25, 0.3) is 0 Å². The van der Waals surface area contributed by atoms with Gasteiger partial charge in [-0.25, -0.2) is 0 Å². The van der Waals surface area contributed by atoms with Crippen LogP contribution < -0.4 is 14.8 Å². The number of hydrogen-bond acceptors (Lipinski definition) is 5. The molecule has 1 N–H and O–H groups in total. The molecule has 0 bridgehead atoms. The first-order valence-corrected chi connectivity index (χ1v) is 7.38. The normalized spacial score (nSPS) is 22.0. The lowest BCUT2D eigenvalue weighted by atomic mass is 9.95. The Morgan fingerprint density at radius 3 is 2.57 bits per heavy atom. The monoisotopic (exact) mass is 293 g/mol. The minimum absolute atomic E-state index is 0.221. The number of nitrogens with zero attached hydrogens (tertiary/aromatic N) is 2. The van der Waals surface area contributed by atoms with Gasteiger partial charge in [-0.05, 0) is 27.2 Å². The fourth-order valence-corrected chi connectivity index (χ4v) is 3.03. The third-order valence-corrected chi connectivity index (χ3v) is 4.37. The van der Waals surface area contributed by atoms with E-state index in [1.165, 1.54) is 5.56 Å². The lowest BCUT2D eigenvalue weighted by Crippen LogP contribution is -2.54. The SMILES string of the molecule is CNC(c1ccc(OC)cc1OC)C1CN(C)CCN1C. The van der Waals surface area contributed by atoms with Crippen LogP contribution in [0.1, 0.15) is 11.6 Å². The summed E-state index contributed by atoms with van der Waals surface area (Å²) in [6.45, 7) is 3.23. The number of likely N-dealkylation sites (N-methyl/N-ethyl adjacent to an activating group) is 3. The quantitative estimate of drug-likeness (QED) is 0.883. The molecule has 0 aromatic heterocycles. The molecular weight excluding hydrogens is 266 g/mol. The van der Waals surface area contributed by atoms with Gasteiger partial charge in [0.1, 0.15) is 11.5 Å². The highest BCUT2D eigenvalue weighted by Gasteiger charge is 2.31. The number of ether oxygens (including phenoxy) is 2. The second kappa shape index (κ2) is 7.11. The van der Waals surface area contributed by atoms with Crippen molar-refractivity contribution in [2.45, 2.75) is 12.1 Å². The molecular formula is C16H27N3O2. The summed E-state index contributed by atoms with van der Waals surface area (Å²) in [5, 5.41) is 3.46. The van der Waals surface area contributed by atoms with Crippen molar-refractivity contribution in [3.63, 3.8) is 0 Å². The third-order valence-electron chi connectivity index (χ3n) is 4.37. The number of benzene rings is 1. The largest absolute Gasteiger partial charge is 0.497 e. The van der Waals surface area contributed by atoms with E-state index in [0.29, 0.717) is 6.04 Å². The van der Waals surface area contributed by atoms with E-state index in [1.54, 1.807) is 14.2 Å². The molecule has 5 heteroatoms. The maximum Gasteiger partial charge on any atom is 0.127 e. The second-order valence-electron chi connectivity index (χ2n) is 5.68. The van der Waals surface area contributed by atoms with Crippen LogP contribution in [-0.2, 0) is 0 Å². The van der Waals surface area contributed by atoms with Crippen molar-refractivity contribution < 1.29 is 9.47 Å². The van der Waals surface area contributed by atoms with Gasteiger partial charge in [0.25, 0.3) is 0 Å². The highest BCUT2D eigenvalue weighted by Crippen LogP contribution is 2.33. The number of nitrogens with one attached hydrogen (secondary N) is 1. The van der Waals surface area contributed by atoms with E-state index >= 15 is 0 Å². The molecule has 0 amide bonds. The van der Waals surface area contributed by atoms with Crippen molar-refractivity contribution in [2.75, 3.05) is 55.0 Å². The van der Waals surface area contributed by atoms with Crippen molar-refractivity contribution in [2.24, 2.45) is 0 Å². The summed E-state index contributed by atoms with van der Waals surface area (Å²) >= 11 is 0. The Bertz CT molecular complexity index is 467. The topological polar surface area (TPSA) is 37.0 Å². The molecule has 0 aliphatic carbocycles. The molecule has 2 atom stereocenters. The minimum atomic E-state index is 0.221. The van der Waals surface area contributed by atoms with E-state index in [-0.39, 0.29) is 6.04 Å². The molecule has 1 heterocycles. The van der Waals surface area contributed by atoms with Crippen LogP contribution >= 0.6 is 0 Å². The molecule has 2 rings (SSSR count). The average Bonchev–Trinajstić information content (AvgIpc) is 2.51. The van der Waals surface area contributed by atoms with Gasteiger partial charge in [0, 0.05) is 37.3 Å². The predicted molar refractivity (Wildman–Crippen MR) is 85.3 cm³/mol. The van der Waals surface area contributed by atoms with Gasteiger partial charge in [-0.2, -0.15) is 0 Å². The smallest absolute Gasteiger partial charge is 0.127 e. The maximum absolute atomic E-state index is 5.57. The number of rotatable bonds is 5. The van der Waals surface area contributed by atoms with Gasteiger partial charge in [-0.1, -0.05) is 6.07 Å². The van der Waals surface area contributed by atoms with Crippen LogP contribution in [0.2, 0.25) is 0 Å². The zero-order valence-electron chi connectivity index (χ0n) is 13.7. The van der Waals surface area contributed by atoms with Crippen molar-refractivity contribution in [1.82, 2.24) is 15.1 Å². The first-order chi connectivity index (χ1) is 10.1. The minimum Gasteiger partial charge on any atom is -0.497 e. The molecule has 118 valence electrons. The second-order valence-corrected chi connectivity index (χ2v) is 5.68. The van der Waals surface area contributed by atoms with Gasteiger partial charge in [-0.15, -0.1) is 0 Å². The van der Waals surface area contributed by atoms with E-state index in [1.807, 2.05) is 19.2 Å². The lowest BCUT2D eigenvalue weighted by Gasteiger charge is -2.42. The standard InChI is InChI=1S/C16H27N3O2/c1-17-16(14-11-18(2)8-9-19(14)3)13-7-6-12(20-4)10-15(13)21-5/h6-7,10,14,16-17H,8-9,11H2,1-5H3. The van der Waals surface area contributed by atoms with E-state index in [9.17, 15) is 0 Å². The van der Waals surface area contributed by atoms with Gasteiger partial charge in [0.05, 0.1) is 20.3 Å². The Hall–Kier alpha value is -1.30. The molecule has 1 aromatic carbocycles. The lowest BCUT2D eigenvalue weighted by molar-refractivity contribution is 0.0890. The summed E-state index contributed by atoms with van der Waals surface area (Å²) in [7, 11) is 9.77. The van der Waals surface area contributed by atoms with Crippen molar-refractivity contribution in [1.29, 1.82) is 0 Å². The number of methoxy groups -OCH3 is 2. The summed E-state index contributed by atoms with van der Waals surface area (Å²) in [6, 6.07) is 6.68. The Balaban J connectivity index is 2.31. The van der Waals surface area contributed by atoms with Crippen molar-refractivity contribution >= 4 is 0 Å². The summed E-state index contributed by atoms with van der Waals surface area (Å²) < 4.78 is 10.9. The number of hydrogen-bond donors (Lipinski definition) is 1. The first kappa shape index (κ1) is 16.1. The first-order valence-electron chi connectivity index (χ1n) is 7.38. The Labute approximate surface area is 127 Å². The third kappa shape index (κ3) is 3.48. The van der Waals surface area contributed by atoms with Crippen LogP contribution in [0.15, 0.2) is 18.2 Å². The van der Waals surface area contributed by atoms with Crippen LogP contribution in [0, 0.1) is 0 Å². The molecule has 5 nitrogen and oxygen atoms in total. The van der Waals surface area contributed by atoms with Gasteiger partial charge in [0.2, 0.25) is 0 Å². The summed E-state index contributed by atoms with van der Waals surface area (Å²) in [5.74, 6) is 1.69. The molecule has 0 saturated carbocycles. The zero-order valence-corrected chi connectivity index (χ0v) is 13.7. The van der Waals surface area contributed by atoms with E-state index < -0.39 is 0 Å². The van der Waals surface area contributed by atoms with Gasteiger partial charge >= 0.3 is 0 Å². The fraction of sp³-hybridized carbons (Fsp3) is 0.625. The molecule has 21 heavy (non-hydrogen) atoms. The highest BCUT2D eigenvalue weighted by molar-refractivity contribution is 5.43. The molecule has 1 fully saturated rings. The Morgan fingerprint density at radius 1 is 1.19 bits per heavy atom. The summed E-state index contributed by atoms with van der Waals surface area (Å²) in [5.41, 5.74) is 1.17. The molecule has 0 spiro atoms. The average molecular weight is 293 g/mol.